The predicted molar refractivity (Wildman–Crippen MR) is 117 cm³/mol. The molecule has 30 heavy (non-hydrogen) atoms. The van der Waals surface area contributed by atoms with Gasteiger partial charge in [0.05, 0.1) is 33.6 Å². The zero-order valence-electron chi connectivity index (χ0n) is 17.1. The number of aryl methyl sites for hydroxylation is 3. The van der Waals surface area contributed by atoms with Gasteiger partial charge in [0.1, 0.15) is 6.07 Å². The second-order valence-electron chi connectivity index (χ2n) is 7.13. The van der Waals surface area contributed by atoms with Crippen molar-refractivity contribution in [1.29, 1.82) is 5.26 Å². The van der Waals surface area contributed by atoms with Gasteiger partial charge in [-0.25, -0.2) is 9.67 Å². The first-order chi connectivity index (χ1) is 14.5. The SMILES string of the molecule is CCn1nc(C)c2c(C(=O)Nc3ccccc3C#N)cc(-c3ccc(C)cc3)nc21. The Kier molecular flexibility index (Phi) is 5.03. The summed E-state index contributed by atoms with van der Waals surface area (Å²) in [6.45, 7) is 6.55. The second kappa shape index (κ2) is 7.80. The number of aromatic nitrogens is 3. The first-order valence-corrected chi connectivity index (χ1v) is 9.77. The Hall–Kier alpha value is -3.98. The summed E-state index contributed by atoms with van der Waals surface area (Å²) >= 11 is 0. The average molecular weight is 395 g/mol. The van der Waals surface area contributed by atoms with Crippen molar-refractivity contribution >= 4 is 22.6 Å². The molecule has 0 radical (unpaired) electrons. The lowest BCUT2D eigenvalue weighted by atomic mass is 10.0. The van der Waals surface area contributed by atoms with Gasteiger partial charge < -0.3 is 5.32 Å². The molecule has 4 aromatic rings. The molecule has 2 heterocycles. The van der Waals surface area contributed by atoms with Crippen LogP contribution in [-0.2, 0) is 6.54 Å². The molecule has 0 spiro atoms. The van der Waals surface area contributed by atoms with Gasteiger partial charge in [-0.1, -0.05) is 42.0 Å². The van der Waals surface area contributed by atoms with Crippen LogP contribution in [0.3, 0.4) is 0 Å². The molecule has 0 unspecified atom stereocenters. The summed E-state index contributed by atoms with van der Waals surface area (Å²) in [5.41, 5.74) is 5.58. The Bertz CT molecular complexity index is 1300. The summed E-state index contributed by atoms with van der Waals surface area (Å²) in [4.78, 5) is 18.1. The van der Waals surface area contributed by atoms with Crippen LogP contribution in [0.2, 0.25) is 0 Å². The number of benzene rings is 2. The van der Waals surface area contributed by atoms with Crippen LogP contribution in [0.5, 0.6) is 0 Å². The first kappa shape index (κ1) is 19.3. The van der Waals surface area contributed by atoms with E-state index in [1.807, 2.05) is 49.7 Å². The molecule has 2 aromatic carbocycles. The van der Waals surface area contributed by atoms with Gasteiger partial charge in [0.15, 0.2) is 5.65 Å². The zero-order valence-corrected chi connectivity index (χ0v) is 17.1. The quantitative estimate of drug-likeness (QED) is 0.535. The van der Waals surface area contributed by atoms with Gasteiger partial charge >= 0.3 is 0 Å². The lowest BCUT2D eigenvalue weighted by Gasteiger charge is -2.11. The van der Waals surface area contributed by atoms with Crippen LogP contribution in [0.15, 0.2) is 54.6 Å². The number of carbonyl (C=O) groups is 1. The molecule has 0 aliphatic heterocycles. The fourth-order valence-corrected chi connectivity index (χ4v) is 3.50. The van der Waals surface area contributed by atoms with Crippen molar-refractivity contribution in [3.05, 3.63) is 77.0 Å². The number of nitriles is 1. The third-order valence-corrected chi connectivity index (χ3v) is 5.06. The minimum absolute atomic E-state index is 0.294. The molecule has 148 valence electrons. The van der Waals surface area contributed by atoms with Crippen molar-refractivity contribution in [1.82, 2.24) is 14.8 Å². The molecule has 2 aromatic heterocycles. The number of fused-ring (bicyclic) bond motifs is 1. The number of hydrogen-bond acceptors (Lipinski definition) is 4. The number of carbonyl (C=O) groups excluding carboxylic acids is 1. The van der Waals surface area contributed by atoms with Gasteiger partial charge in [-0.3, -0.25) is 4.79 Å². The average Bonchev–Trinajstić information content (AvgIpc) is 3.09. The molecule has 0 atom stereocenters. The minimum atomic E-state index is -0.294. The van der Waals surface area contributed by atoms with Crippen LogP contribution in [-0.4, -0.2) is 20.7 Å². The third kappa shape index (κ3) is 3.42. The minimum Gasteiger partial charge on any atom is -0.321 e. The van der Waals surface area contributed by atoms with E-state index in [1.165, 1.54) is 0 Å². The van der Waals surface area contributed by atoms with E-state index >= 15 is 0 Å². The van der Waals surface area contributed by atoms with Crippen LogP contribution in [0.1, 0.15) is 34.1 Å². The highest BCUT2D eigenvalue weighted by molar-refractivity contribution is 6.13. The number of para-hydroxylation sites is 1. The Labute approximate surface area is 174 Å². The van der Waals surface area contributed by atoms with E-state index in [4.69, 9.17) is 4.98 Å². The van der Waals surface area contributed by atoms with Crippen LogP contribution in [0.25, 0.3) is 22.3 Å². The molecule has 0 saturated carbocycles. The monoisotopic (exact) mass is 395 g/mol. The van der Waals surface area contributed by atoms with Crippen LogP contribution >= 0.6 is 0 Å². The largest absolute Gasteiger partial charge is 0.321 e. The first-order valence-electron chi connectivity index (χ1n) is 9.77. The summed E-state index contributed by atoms with van der Waals surface area (Å²) in [6.07, 6.45) is 0. The normalized spacial score (nSPS) is 10.7. The molecule has 0 fully saturated rings. The standard InChI is InChI=1S/C24H21N5O/c1-4-29-23-22(16(3)28-29)19(13-21(26-23)17-11-9-15(2)10-12-17)24(30)27-20-8-6-5-7-18(20)14-25/h5-13H,4H2,1-3H3,(H,27,30). The fraction of sp³-hybridized carbons (Fsp3) is 0.167. The van der Waals surface area contributed by atoms with Crippen LogP contribution in [0.4, 0.5) is 5.69 Å². The predicted octanol–water partition coefficient (Wildman–Crippen LogP) is 4.86. The number of amides is 1. The maximum atomic E-state index is 13.3. The van der Waals surface area contributed by atoms with E-state index in [0.717, 1.165) is 22.2 Å². The lowest BCUT2D eigenvalue weighted by Crippen LogP contribution is -2.14. The number of nitrogens with one attached hydrogen (secondary N) is 1. The Morgan fingerprint density at radius 2 is 1.87 bits per heavy atom. The van der Waals surface area contributed by atoms with E-state index in [2.05, 4.69) is 16.5 Å². The summed E-state index contributed by atoms with van der Waals surface area (Å²) in [5, 5.41) is 17.5. The second-order valence-corrected chi connectivity index (χ2v) is 7.13. The molecule has 1 amide bonds. The summed E-state index contributed by atoms with van der Waals surface area (Å²) in [5.74, 6) is -0.294. The van der Waals surface area contributed by atoms with E-state index in [1.54, 1.807) is 30.3 Å². The van der Waals surface area contributed by atoms with Gasteiger partial charge in [-0.05, 0) is 39.0 Å². The summed E-state index contributed by atoms with van der Waals surface area (Å²) in [7, 11) is 0. The molecular formula is C24H21N5O. The molecule has 0 bridgehead atoms. The number of pyridine rings is 1. The number of anilines is 1. The Morgan fingerprint density at radius 1 is 1.13 bits per heavy atom. The van der Waals surface area contributed by atoms with Gasteiger partial charge in [0, 0.05) is 12.1 Å². The van der Waals surface area contributed by atoms with E-state index in [9.17, 15) is 10.1 Å². The van der Waals surface area contributed by atoms with Crippen molar-refractivity contribution in [2.75, 3.05) is 5.32 Å². The molecule has 0 aliphatic rings. The fourth-order valence-electron chi connectivity index (χ4n) is 3.50. The number of nitrogens with zero attached hydrogens (tertiary/aromatic N) is 4. The van der Waals surface area contributed by atoms with Crippen LogP contribution in [0, 0.1) is 25.2 Å². The highest BCUT2D eigenvalue weighted by Crippen LogP contribution is 2.28. The molecule has 0 saturated heterocycles. The van der Waals surface area contributed by atoms with Gasteiger partial charge in [0.2, 0.25) is 0 Å². The topological polar surface area (TPSA) is 83.6 Å². The van der Waals surface area contributed by atoms with Crippen molar-refractivity contribution in [2.45, 2.75) is 27.3 Å². The molecular weight excluding hydrogens is 374 g/mol. The Balaban J connectivity index is 1.89. The zero-order chi connectivity index (χ0) is 21.3. The molecule has 6 heteroatoms. The van der Waals surface area contributed by atoms with Gasteiger partial charge in [-0.15, -0.1) is 0 Å². The van der Waals surface area contributed by atoms with Gasteiger partial charge in [-0.2, -0.15) is 10.4 Å². The highest BCUT2D eigenvalue weighted by atomic mass is 16.1. The van der Waals surface area contributed by atoms with Crippen molar-refractivity contribution in [3.63, 3.8) is 0 Å². The molecule has 0 aliphatic carbocycles. The smallest absolute Gasteiger partial charge is 0.256 e. The highest BCUT2D eigenvalue weighted by Gasteiger charge is 2.20. The molecule has 6 nitrogen and oxygen atoms in total. The van der Waals surface area contributed by atoms with E-state index < -0.39 is 0 Å². The lowest BCUT2D eigenvalue weighted by molar-refractivity contribution is 0.102. The molecule has 4 rings (SSSR count). The Morgan fingerprint density at radius 3 is 2.57 bits per heavy atom. The maximum Gasteiger partial charge on any atom is 0.256 e. The third-order valence-electron chi connectivity index (χ3n) is 5.06. The summed E-state index contributed by atoms with van der Waals surface area (Å²) < 4.78 is 1.81. The summed E-state index contributed by atoms with van der Waals surface area (Å²) in [6, 6.07) is 18.9. The van der Waals surface area contributed by atoms with E-state index in [-0.39, 0.29) is 5.91 Å². The molecule has 1 N–H and O–H groups in total. The number of hydrogen-bond donors (Lipinski definition) is 1. The van der Waals surface area contributed by atoms with Crippen molar-refractivity contribution < 1.29 is 4.79 Å². The van der Waals surface area contributed by atoms with Gasteiger partial charge in [0.25, 0.3) is 5.91 Å². The number of rotatable bonds is 4. The van der Waals surface area contributed by atoms with Crippen LogP contribution < -0.4 is 5.32 Å². The van der Waals surface area contributed by atoms with Crippen molar-refractivity contribution in [3.8, 4) is 17.3 Å². The van der Waals surface area contributed by atoms with E-state index in [0.29, 0.717) is 34.7 Å². The maximum absolute atomic E-state index is 13.3. The van der Waals surface area contributed by atoms with Crippen molar-refractivity contribution in [2.24, 2.45) is 0 Å².